The van der Waals surface area contributed by atoms with E-state index in [9.17, 15) is 9.59 Å². The number of carbonyl (C=O) groups is 2. The molecule has 0 aromatic carbocycles. The van der Waals surface area contributed by atoms with Crippen molar-refractivity contribution in [3.05, 3.63) is 0 Å². The van der Waals surface area contributed by atoms with E-state index in [-0.39, 0.29) is 0 Å². The molecule has 0 fully saturated rings. The van der Waals surface area contributed by atoms with Crippen LogP contribution in [0, 0.1) is 11.5 Å². The standard InChI is InChI=1S/C11H19NO3Si/c1-11(2,3)15-10(14)12-9(13)7-8-16(4,5)6/h1-6H3,(H,12,13,14). The summed E-state index contributed by atoms with van der Waals surface area (Å²) >= 11 is 0. The van der Waals surface area contributed by atoms with E-state index < -0.39 is 25.7 Å². The first kappa shape index (κ1) is 14.7. The van der Waals surface area contributed by atoms with Gasteiger partial charge in [0, 0.05) is 0 Å². The van der Waals surface area contributed by atoms with Crippen LogP contribution < -0.4 is 5.32 Å². The number of alkyl carbamates (subject to hydrolysis) is 1. The molecule has 0 aliphatic heterocycles. The molecule has 0 saturated heterocycles. The number of amides is 2. The fourth-order valence-corrected chi connectivity index (χ4v) is 1.16. The summed E-state index contributed by atoms with van der Waals surface area (Å²) in [4.78, 5) is 22.4. The van der Waals surface area contributed by atoms with Crippen molar-refractivity contribution in [2.24, 2.45) is 0 Å². The minimum Gasteiger partial charge on any atom is -0.444 e. The maximum absolute atomic E-state index is 11.2. The lowest BCUT2D eigenvalue weighted by atomic mass is 10.2. The molecule has 5 heteroatoms. The molecule has 0 aliphatic carbocycles. The zero-order valence-corrected chi connectivity index (χ0v) is 11.7. The highest BCUT2D eigenvalue weighted by molar-refractivity contribution is 6.84. The van der Waals surface area contributed by atoms with Crippen molar-refractivity contribution in [1.29, 1.82) is 0 Å². The van der Waals surface area contributed by atoms with Crippen LogP contribution in [0.4, 0.5) is 4.79 Å². The highest BCUT2D eigenvalue weighted by Crippen LogP contribution is 2.06. The molecular formula is C11H19NO3Si. The van der Waals surface area contributed by atoms with Gasteiger partial charge in [-0.05, 0) is 26.7 Å². The average molecular weight is 241 g/mol. The fourth-order valence-electron chi connectivity index (χ4n) is 0.672. The summed E-state index contributed by atoms with van der Waals surface area (Å²) in [5.74, 6) is 1.79. The Hall–Kier alpha value is -1.28. The second-order valence-electron chi connectivity index (χ2n) is 5.46. The predicted octanol–water partition coefficient (Wildman–Crippen LogP) is 1.92. The maximum Gasteiger partial charge on any atom is 0.415 e. The Kier molecular flexibility index (Phi) is 4.75. The summed E-state index contributed by atoms with van der Waals surface area (Å²) in [5, 5.41) is 2.06. The molecule has 0 aliphatic rings. The molecule has 2 amide bonds. The molecule has 90 valence electrons. The van der Waals surface area contributed by atoms with Crippen LogP contribution in [0.2, 0.25) is 19.6 Å². The van der Waals surface area contributed by atoms with Gasteiger partial charge in [-0.25, -0.2) is 4.79 Å². The average Bonchev–Trinajstić information content (AvgIpc) is 1.95. The molecule has 16 heavy (non-hydrogen) atoms. The lowest BCUT2D eigenvalue weighted by Crippen LogP contribution is -2.36. The number of imide groups is 1. The second kappa shape index (κ2) is 5.17. The van der Waals surface area contributed by atoms with Gasteiger partial charge in [0.1, 0.15) is 13.7 Å². The van der Waals surface area contributed by atoms with Gasteiger partial charge in [0.15, 0.2) is 0 Å². The third kappa shape index (κ3) is 9.28. The second-order valence-corrected chi connectivity index (χ2v) is 10.2. The summed E-state index contributed by atoms with van der Waals surface area (Å²) in [5.41, 5.74) is 2.24. The number of rotatable bonds is 0. The molecular weight excluding hydrogens is 222 g/mol. The van der Waals surface area contributed by atoms with Crippen LogP contribution >= 0.6 is 0 Å². The van der Waals surface area contributed by atoms with Gasteiger partial charge >= 0.3 is 12.0 Å². The molecule has 0 saturated carbocycles. The Morgan fingerprint density at radius 1 is 1.19 bits per heavy atom. The van der Waals surface area contributed by atoms with Crippen LogP contribution in [0.3, 0.4) is 0 Å². The van der Waals surface area contributed by atoms with Crippen molar-refractivity contribution in [1.82, 2.24) is 5.32 Å². The smallest absolute Gasteiger partial charge is 0.415 e. The number of ether oxygens (including phenoxy) is 1. The van der Waals surface area contributed by atoms with Crippen LogP contribution in [-0.2, 0) is 9.53 Å². The van der Waals surface area contributed by atoms with E-state index in [4.69, 9.17) is 4.74 Å². The Labute approximate surface area is 97.8 Å². The predicted molar refractivity (Wildman–Crippen MR) is 65.5 cm³/mol. The molecule has 0 spiro atoms. The van der Waals surface area contributed by atoms with Crippen LogP contribution in [0.5, 0.6) is 0 Å². The van der Waals surface area contributed by atoms with Crippen LogP contribution in [-0.4, -0.2) is 25.7 Å². The highest BCUT2D eigenvalue weighted by Gasteiger charge is 2.17. The van der Waals surface area contributed by atoms with Crippen molar-refractivity contribution in [2.75, 3.05) is 0 Å². The van der Waals surface area contributed by atoms with E-state index in [1.54, 1.807) is 20.8 Å². The van der Waals surface area contributed by atoms with E-state index in [0.717, 1.165) is 0 Å². The lowest BCUT2D eigenvalue weighted by Gasteiger charge is -2.18. The maximum atomic E-state index is 11.2. The van der Waals surface area contributed by atoms with Gasteiger partial charge in [-0.3, -0.25) is 10.1 Å². The third-order valence-corrected chi connectivity index (χ3v) is 2.04. The highest BCUT2D eigenvalue weighted by atomic mass is 28.3. The van der Waals surface area contributed by atoms with Crippen molar-refractivity contribution in [3.8, 4) is 11.5 Å². The van der Waals surface area contributed by atoms with Gasteiger partial charge in [-0.15, -0.1) is 5.54 Å². The van der Waals surface area contributed by atoms with E-state index in [1.165, 1.54) is 0 Å². The Morgan fingerprint density at radius 3 is 2.06 bits per heavy atom. The molecule has 0 heterocycles. The van der Waals surface area contributed by atoms with Gasteiger partial charge in [-0.2, -0.15) is 0 Å². The molecule has 0 aromatic rings. The SMILES string of the molecule is CC(C)(C)OC(=O)NC(=O)C#C[Si](C)(C)C. The first-order valence-corrected chi connectivity index (χ1v) is 8.57. The molecule has 0 atom stereocenters. The quantitative estimate of drug-likeness (QED) is 0.521. The van der Waals surface area contributed by atoms with Crippen LogP contribution in [0.15, 0.2) is 0 Å². The third-order valence-electron chi connectivity index (χ3n) is 1.17. The van der Waals surface area contributed by atoms with Gasteiger partial charge in [-0.1, -0.05) is 19.6 Å². The largest absolute Gasteiger partial charge is 0.444 e. The summed E-state index contributed by atoms with van der Waals surface area (Å²) in [6, 6.07) is 0. The first-order valence-electron chi connectivity index (χ1n) is 5.07. The van der Waals surface area contributed by atoms with Crippen molar-refractivity contribution in [2.45, 2.75) is 46.0 Å². The normalized spacial score (nSPS) is 11.1. The van der Waals surface area contributed by atoms with Gasteiger partial charge in [0.2, 0.25) is 0 Å². The fraction of sp³-hybridized carbons (Fsp3) is 0.636. The molecule has 0 unspecified atom stereocenters. The summed E-state index contributed by atoms with van der Waals surface area (Å²) in [6.45, 7) is 11.2. The number of hydrogen-bond donors (Lipinski definition) is 1. The Balaban J connectivity index is 4.26. The summed E-state index contributed by atoms with van der Waals surface area (Å²) in [6.07, 6.45) is -0.762. The summed E-state index contributed by atoms with van der Waals surface area (Å²) in [7, 11) is -1.59. The number of hydrogen-bond acceptors (Lipinski definition) is 3. The van der Waals surface area contributed by atoms with Crippen molar-refractivity contribution < 1.29 is 14.3 Å². The zero-order chi connectivity index (χ0) is 13.0. The number of carbonyl (C=O) groups excluding carboxylic acids is 2. The minimum absolute atomic E-state index is 0.614. The van der Waals surface area contributed by atoms with Crippen molar-refractivity contribution >= 4 is 20.1 Å². The van der Waals surface area contributed by atoms with Gasteiger partial charge in [0.05, 0.1) is 0 Å². The Bertz CT molecular complexity index is 339. The minimum atomic E-state index is -1.59. The van der Waals surface area contributed by atoms with E-state index in [0.29, 0.717) is 0 Å². The van der Waals surface area contributed by atoms with Crippen LogP contribution in [0.25, 0.3) is 0 Å². The molecule has 0 bridgehead atoms. The molecule has 0 rings (SSSR count). The zero-order valence-electron chi connectivity index (χ0n) is 10.7. The molecule has 1 N–H and O–H groups in total. The molecule has 0 radical (unpaired) electrons. The monoisotopic (exact) mass is 241 g/mol. The Morgan fingerprint density at radius 2 is 1.69 bits per heavy atom. The molecule has 0 aromatic heterocycles. The van der Waals surface area contributed by atoms with E-state index in [1.807, 2.05) is 19.6 Å². The van der Waals surface area contributed by atoms with Crippen molar-refractivity contribution in [3.63, 3.8) is 0 Å². The lowest BCUT2D eigenvalue weighted by molar-refractivity contribution is -0.115. The number of nitrogens with one attached hydrogen (secondary N) is 1. The van der Waals surface area contributed by atoms with Gasteiger partial charge in [0.25, 0.3) is 0 Å². The molecule has 4 nitrogen and oxygen atoms in total. The summed E-state index contributed by atoms with van der Waals surface area (Å²) < 4.78 is 4.91. The first-order chi connectivity index (χ1) is 6.99. The van der Waals surface area contributed by atoms with Gasteiger partial charge < -0.3 is 4.74 Å². The van der Waals surface area contributed by atoms with Crippen LogP contribution in [0.1, 0.15) is 20.8 Å². The van der Waals surface area contributed by atoms with E-state index >= 15 is 0 Å². The van der Waals surface area contributed by atoms with E-state index in [2.05, 4.69) is 16.8 Å². The topological polar surface area (TPSA) is 55.4 Å².